The average molecular weight is 204 g/mol. The van der Waals surface area contributed by atoms with Crippen LogP contribution in [0.25, 0.3) is 0 Å². The molecule has 0 unspecified atom stereocenters. The zero-order valence-electron chi connectivity index (χ0n) is 9.13. The predicted molar refractivity (Wildman–Crippen MR) is 61.1 cm³/mol. The molecule has 1 aliphatic carbocycles. The van der Waals surface area contributed by atoms with E-state index < -0.39 is 6.03 Å². The Morgan fingerprint density at radius 1 is 1.33 bits per heavy atom. The minimum atomic E-state index is -0.500. The van der Waals surface area contributed by atoms with Crippen LogP contribution in [0.5, 0.6) is 0 Å². The van der Waals surface area contributed by atoms with Crippen molar-refractivity contribution in [2.24, 2.45) is 5.73 Å². The van der Waals surface area contributed by atoms with Crippen LogP contribution in [0.4, 0.5) is 10.5 Å². The van der Waals surface area contributed by atoms with Gasteiger partial charge in [-0.3, -0.25) is 0 Å². The number of carbonyl (C=O) groups is 1. The summed E-state index contributed by atoms with van der Waals surface area (Å²) in [5.74, 6) is 0.741. The van der Waals surface area contributed by atoms with Gasteiger partial charge < -0.3 is 11.1 Å². The third kappa shape index (κ3) is 2.12. The van der Waals surface area contributed by atoms with E-state index in [0.29, 0.717) is 0 Å². The number of amides is 2. The Bertz CT molecular complexity index is 385. The number of aryl methyl sites for hydroxylation is 2. The van der Waals surface area contributed by atoms with E-state index in [-0.39, 0.29) is 0 Å². The standard InChI is InChI=1S/C12H16N2O/c1-7-5-10(9-3-4-9)6-8(2)11(7)14-12(13)15/h5-6,9H,3-4H2,1-2H3,(H3,13,14,15). The molecule has 0 radical (unpaired) electrons. The number of hydrogen-bond acceptors (Lipinski definition) is 1. The molecule has 15 heavy (non-hydrogen) atoms. The molecule has 1 aromatic rings. The summed E-state index contributed by atoms with van der Waals surface area (Å²) in [6.45, 7) is 4.01. The van der Waals surface area contributed by atoms with Crippen LogP contribution < -0.4 is 11.1 Å². The molecule has 1 saturated carbocycles. The van der Waals surface area contributed by atoms with E-state index in [1.165, 1.54) is 18.4 Å². The molecule has 2 amide bonds. The molecule has 3 nitrogen and oxygen atoms in total. The number of urea groups is 1. The Labute approximate surface area is 89.7 Å². The molecule has 1 aromatic carbocycles. The molecule has 0 aromatic heterocycles. The second kappa shape index (κ2) is 3.57. The minimum Gasteiger partial charge on any atom is -0.351 e. The summed E-state index contributed by atoms with van der Waals surface area (Å²) in [5, 5.41) is 2.67. The normalized spacial score (nSPS) is 15.1. The highest BCUT2D eigenvalue weighted by molar-refractivity contribution is 5.89. The van der Waals surface area contributed by atoms with Gasteiger partial charge in [0.1, 0.15) is 0 Å². The lowest BCUT2D eigenvalue weighted by molar-refractivity contribution is 0.259. The number of primary amides is 1. The number of nitrogens with one attached hydrogen (secondary N) is 1. The molecule has 0 spiro atoms. The Hall–Kier alpha value is -1.51. The molecule has 1 aliphatic rings. The van der Waals surface area contributed by atoms with Gasteiger partial charge in [0.2, 0.25) is 0 Å². The Kier molecular flexibility index (Phi) is 2.39. The zero-order chi connectivity index (χ0) is 11.0. The zero-order valence-corrected chi connectivity index (χ0v) is 9.13. The lowest BCUT2D eigenvalue weighted by atomic mass is 10.0. The first kappa shape index (κ1) is 10.0. The van der Waals surface area contributed by atoms with Crippen LogP contribution in [-0.4, -0.2) is 6.03 Å². The van der Waals surface area contributed by atoms with Gasteiger partial charge in [-0.25, -0.2) is 4.79 Å². The lowest BCUT2D eigenvalue weighted by Gasteiger charge is -2.12. The van der Waals surface area contributed by atoms with Gasteiger partial charge in [0.05, 0.1) is 0 Å². The van der Waals surface area contributed by atoms with Crippen LogP contribution in [0.2, 0.25) is 0 Å². The molecule has 80 valence electrons. The van der Waals surface area contributed by atoms with Crippen molar-refractivity contribution in [2.75, 3.05) is 5.32 Å². The molecule has 3 heteroatoms. The molecule has 2 rings (SSSR count). The smallest absolute Gasteiger partial charge is 0.316 e. The number of carbonyl (C=O) groups excluding carboxylic acids is 1. The fourth-order valence-electron chi connectivity index (χ4n) is 1.97. The summed E-state index contributed by atoms with van der Waals surface area (Å²) in [7, 11) is 0. The molecule has 0 aliphatic heterocycles. The maximum atomic E-state index is 10.8. The van der Waals surface area contributed by atoms with Crippen LogP contribution in [-0.2, 0) is 0 Å². The van der Waals surface area contributed by atoms with Crippen molar-refractivity contribution in [2.45, 2.75) is 32.6 Å². The van der Waals surface area contributed by atoms with E-state index in [2.05, 4.69) is 17.4 Å². The average Bonchev–Trinajstić information content (AvgIpc) is 2.93. The summed E-state index contributed by atoms with van der Waals surface area (Å²) in [4.78, 5) is 10.8. The highest BCUT2D eigenvalue weighted by Crippen LogP contribution is 2.41. The van der Waals surface area contributed by atoms with Crippen molar-refractivity contribution in [3.8, 4) is 0 Å². The van der Waals surface area contributed by atoms with Crippen molar-refractivity contribution < 1.29 is 4.79 Å². The van der Waals surface area contributed by atoms with Crippen LogP contribution in [0.1, 0.15) is 35.4 Å². The molecule has 0 heterocycles. The Balaban J connectivity index is 2.34. The van der Waals surface area contributed by atoms with E-state index in [1.54, 1.807) is 0 Å². The molecule has 1 fully saturated rings. The number of hydrogen-bond donors (Lipinski definition) is 2. The highest BCUT2D eigenvalue weighted by Gasteiger charge is 2.24. The number of anilines is 1. The van der Waals surface area contributed by atoms with Gasteiger partial charge in [-0.1, -0.05) is 12.1 Å². The second-order valence-electron chi connectivity index (χ2n) is 4.29. The van der Waals surface area contributed by atoms with E-state index >= 15 is 0 Å². The van der Waals surface area contributed by atoms with Crippen molar-refractivity contribution in [3.63, 3.8) is 0 Å². The monoisotopic (exact) mass is 204 g/mol. The number of rotatable bonds is 2. The molecule has 3 N–H and O–H groups in total. The second-order valence-corrected chi connectivity index (χ2v) is 4.29. The number of benzene rings is 1. The summed E-state index contributed by atoms with van der Waals surface area (Å²) in [6, 6.07) is 3.80. The third-order valence-corrected chi connectivity index (χ3v) is 2.85. The fraction of sp³-hybridized carbons (Fsp3) is 0.417. The minimum absolute atomic E-state index is 0.500. The molecule has 0 bridgehead atoms. The first-order chi connectivity index (χ1) is 7.08. The SMILES string of the molecule is Cc1cc(C2CC2)cc(C)c1NC(N)=O. The van der Waals surface area contributed by atoms with Gasteiger partial charge in [-0.05, 0) is 49.3 Å². The van der Waals surface area contributed by atoms with E-state index in [0.717, 1.165) is 22.7 Å². The number of nitrogens with two attached hydrogens (primary N) is 1. The van der Waals surface area contributed by atoms with Gasteiger partial charge in [-0.2, -0.15) is 0 Å². The maximum absolute atomic E-state index is 10.8. The molecular weight excluding hydrogens is 188 g/mol. The summed E-state index contributed by atoms with van der Waals surface area (Å²) in [6.07, 6.45) is 2.59. The van der Waals surface area contributed by atoms with Crippen LogP contribution in [0.15, 0.2) is 12.1 Å². The molecule has 0 saturated heterocycles. The van der Waals surface area contributed by atoms with Gasteiger partial charge in [0.15, 0.2) is 0 Å². The van der Waals surface area contributed by atoms with E-state index in [9.17, 15) is 4.79 Å². The highest BCUT2D eigenvalue weighted by atomic mass is 16.2. The first-order valence-electron chi connectivity index (χ1n) is 5.25. The first-order valence-corrected chi connectivity index (χ1v) is 5.25. The Morgan fingerprint density at radius 2 is 1.87 bits per heavy atom. The van der Waals surface area contributed by atoms with E-state index in [4.69, 9.17) is 5.73 Å². The van der Waals surface area contributed by atoms with Crippen LogP contribution in [0, 0.1) is 13.8 Å². The molecule has 0 atom stereocenters. The van der Waals surface area contributed by atoms with E-state index in [1.807, 2.05) is 13.8 Å². The van der Waals surface area contributed by atoms with Gasteiger partial charge in [0.25, 0.3) is 0 Å². The largest absolute Gasteiger partial charge is 0.351 e. The van der Waals surface area contributed by atoms with Crippen molar-refractivity contribution in [1.82, 2.24) is 0 Å². The summed E-state index contributed by atoms with van der Waals surface area (Å²) >= 11 is 0. The topological polar surface area (TPSA) is 55.1 Å². The van der Waals surface area contributed by atoms with Gasteiger partial charge >= 0.3 is 6.03 Å². The van der Waals surface area contributed by atoms with Crippen molar-refractivity contribution >= 4 is 11.7 Å². The van der Waals surface area contributed by atoms with Crippen LogP contribution >= 0.6 is 0 Å². The summed E-state index contributed by atoms with van der Waals surface area (Å²) in [5.41, 5.74) is 9.55. The Morgan fingerprint density at radius 3 is 2.27 bits per heavy atom. The molecular formula is C12H16N2O. The van der Waals surface area contributed by atoms with Crippen molar-refractivity contribution in [3.05, 3.63) is 28.8 Å². The predicted octanol–water partition coefficient (Wildman–Crippen LogP) is 2.67. The summed E-state index contributed by atoms with van der Waals surface area (Å²) < 4.78 is 0. The maximum Gasteiger partial charge on any atom is 0.316 e. The quantitative estimate of drug-likeness (QED) is 0.764. The van der Waals surface area contributed by atoms with Gasteiger partial charge in [0, 0.05) is 5.69 Å². The lowest BCUT2D eigenvalue weighted by Crippen LogP contribution is -2.20. The van der Waals surface area contributed by atoms with Gasteiger partial charge in [-0.15, -0.1) is 0 Å². The third-order valence-electron chi connectivity index (χ3n) is 2.85. The fourth-order valence-corrected chi connectivity index (χ4v) is 1.97. The van der Waals surface area contributed by atoms with Crippen LogP contribution in [0.3, 0.4) is 0 Å². The van der Waals surface area contributed by atoms with Crippen molar-refractivity contribution in [1.29, 1.82) is 0 Å².